The molecule has 4 unspecified atom stereocenters. The lowest BCUT2D eigenvalue weighted by atomic mass is 9.78. The quantitative estimate of drug-likeness (QED) is 0.726. The van der Waals surface area contributed by atoms with Crippen LogP contribution < -0.4 is 0 Å². The molecule has 0 aromatic carbocycles. The Bertz CT molecular complexity index is 132. The van der Waals surface area contributed by atoms with Crippen LogP contribution in [-0.2, 0) is 9.47 Å². The molecular formula is C10H20O2S2. The Morgan fingerprint density at radius 3 is 1.50 bits per heavy atom. The van der Waals surface area contributed by atoms with Crippen LogP contribution in [0.3, 0.4) is 0 Å². The molecule has 1 aliphatic carbocycles. The Labute approximate surface area is 97.6 Å². The molecule has 0 heterocycles. The normalized spacial score (nSPS) is 38.6. The van der Waals surface area contributed by atoms with Crippen LogP contribution in [0.5, 0.6) is 0 Å². The van der Waals surface area contributed by atoms with Gasteiger partial charge in [-0.25, -0.2) is 0 Å². The lowest BCUT2D eigenvalue weighted by Crippen LogP contribution is -2.42. The third kappa shape index (κ3) is 2.81. The van der Waals surface area contributed by atoms with Crippen molar-refractivity contribution in [2.24, 2.45) is 11.8 Å². The summed E-state index contributed by atoms with van der Waals surface area (Å²) in [5.74, 6) is 3.07. The molecule has 4 heteroatoms. The molecule has 0 spiro atoms. The fraction of sp³-hybridized carbons (Fsp3) is 1.00. The maximum atomic E-state index is 5.44. The third-order valence-electron chi connectivity index (χ3n) is 3.23. The summed E-state index contributed by atoms with van der Waals surface area (Å²) in [7, 11) is 3.51. The minimum absolute atomic E-state index is 0.230. The van der Waals surface area contributed by atoms with Crippen LogP contribution in [0.4, 0.5) is 0 Å². The molecule has 4 atom stereocenters. The maximum absolute atomic E-state index is 5.44. The van der Waals surface area contributed by atoms with Gasteiger partial charge in [-0.1, -0.05) is 0 Å². The van der Waals surface area contributed by atoms with E-state index in [1.54, 1.807) is 14.2 Å². The van der Waals surface area contributed by atoms with Gasteiger partial charge >= 0.3 is 0 Å². The van der Waals surface area contributed by atoms with Crippen molar-refractivity contribution in [3.63, 3.8) is 0 Å². The standard InChI is InChI=1S/C10H20O2S2/c1-11-9-3-7(5-13)8(6-14)4-10(9)12-2/h7-10,13-14H,3-6H2,1-2H3. The number of methoxy groups -OCH3 is 2. The van der Waals surface area contributed by atoms with E-state index in [1.165, 1.54) is 0 Å². The SMILES string of the molecule is COC1CC(CS)C(CS)CC1OC. The third-order valence-corrected chi connectivity index (χ3v) is 4.16. The van der Waals surface area contributed by atoms with E-state index >= 15 is 0 Å². The second-order valence-electron chi connectivity index (χ2n) is 3.91. The maximum Gasteiger partial charge on any atom is 0.0835 e. The molecule has 1 aliphatic rings. The summed E-state index contributed by atoms with van der Waals surface area (Å²) in [6.45, 7) is 0. The van der Waals surface area contributed by atoms with E-state index in [-0.39, 0.29) is 12.2 Å². The largest absolute Gasteiger partial charge is 0.379 e. The summed E-state index contributed by atoms with van der Waals surface area (Å²) in [5, 5.41) is 0. The van der Waals surface area contributed by atoms with E-state index in [9.17, 15) is 0 Å². The van der Waals surface area contributed by atoms with Crippen LogP contribution >= 0.6 is 25.3 Å². The van der Waals surface area contributed by atoms with E-state index in [1.807, 2.05) is 0 Å². The molecule has 14 heavy (non-hydrogen) atoms. The van der Waals surface area contributed by atoms with Crippen molar-refractivity contribution in [1.29, 1.82) is 0 Å². The molecule has 1 rings (SSSR count). The second-order valence-corrected chi connectivity index (χ2v) is 4.64. The van der Waals surface area contributed by atoms with Crippen molar-refractivity contribution in [2.45, 2.75) is 25.0 Å². The van der Waals surface area contributed by atoms with Crippen molar-refractivity contribution in [1.82, 2.24) is 0 Å². The fourth-order valence-corrected chi connectivity index (χ4v) is 3.12. The van der Waals surface area contributed by atoms with Crippen molar-refractivity contribution >= 4 is 25.3 Å². The summed E-state index contributed by atoms with van der Waals surface area (Å²) in [5.41, 5.74) is 0. The minimum Gasteiger partial charge on any atom is -0.379 e. The van der Waals surface area contributed by atoms with Crippen LogP contribution in [0.1, 0.15) is 12.8 Å². The van der Waals surface area contributed by atoms with Crippen LogP contribution in [0.25, 0.3) is 0 Å². The zero-order chi connectivity index (χ0) is 10.6. The van der Waals surface area contributed by atoms with Crippen LogP contribution in [0.15, 0.2) is 0 Å². The molecule has 0 N–H and O–H groups in total. The van der Waals surface area contributed by atoms with Crippen LogP contribution in [0.2, 0.25) is 0 Å². The zero-order valence-corrected chi connectivity index (χ0v) is 10.6. The van der Waals surface area contributed by atoms with Crippen molar-refractivity contribution in [3.8, 4) is 0 Å². The van der Waals surface area contributed by atoms with Gasteiger partial charge in [0.2, 0.25) is 0 Å². The Morgan fingerprint density at radius 2 is 1.29 bits per heavy atom. The van der Waals surface area contributed by atoms with E-state index < -0.39 is 0 Å². The fourth-order valence-electron chi connectivity index (χ4n) is 2.23. The zero-order valence-electron chi connectivity index (χ0n) is 8.85. The van der Waals surface area contributed by atoms with E-state index in [2.05, 4.69) is 25.3 Å². The highest BCUT2D eigenvalue weighted by atomic mass is 32.1. The first-order valence-corrected chi connectivity index (χ1v) is 6.30. The molecule has 84 valence electrons. The van der Waals surface area contributed by atoms with Gasteiger partial charge in [-0.2, -0.15) is 25.3 Å². The molecule has 0 amide bonds. The predicted octanol–water partition coefficient (Wildman–Crippen LogP) is 1.90. The summed E-state index contributed by atoms with van der Waals surface area (Å²) in [4.78, 5) is 0. The van der Waals surface area contributed by atoms with Crippen LogP contribution in [0, 0.1) is 11.8 Å². The summed E-state index contributed by atoms with van der Waals surface area (Å²) in [6, 6.07) is 0. The van der Waals surface area contributed by atoms with Gasteiger partial charge in [0.05, 0.1) is 12.2 Å². The van der Waals surface area contributed by atoms with Crippen LogP contribution in [-0.4, -0.2) is 37.9 Å². The second kappa shape index (κ2) is 6.26. The number of hydrogen-bond donors (Lipinski definition) is 2. The highest BCUT2D eigenvalue weighted by Gasteiger charge is 2.35. The monoisotopic (exact) mass is 236 g/mol. The Hall–Kier alpha value is 0.620. The number of ether oxygens (including phenoxy) is 2. The van der Waals surface area contributed by atoms with Gasteiger partial charge in [0.15, 0.2) is 0 Å². The molecule has 1 fully saturated rings. The number of hydrogen-bond acceptors (Lipinski definition) is 4. The van der Waals surface area contributed by atoms with Gasteiger partial charge < -0.3 is 9.47 Å². The molecule has 1 saturated carbocycles. The Balaban J connectivity index is 2.59. The summed E-state index contributed by atoms with van der Waals surface area (Å²) >= 11 is 8.77. The van der Waals surface area contributed by atoms with E-state index in [0.717, 1.165) is 24.3 Å². The van der Waals surface area contributed by atoms with Gasteiger partial charge in [0.1, 0.15) is 0 Å². The highest BCUT2D eigenvalue weighted by Crippen LogP contribution is 2.34. The number of thiol groups is 2. The minimum atomic E-state index is 0.230. The van der Waals surface area contributed by atoms with Gasteiger partial charge in [-0.05, 0) is 36.2 Å². The summed E-state index contributed by atoms with van der Waals surface area (Å²) < 4.78 is 10.9. The average Bonchev–Trinajstić information content (AvgIpc) is 2.26. The average molecular weight is 236 g/mol. The van der Waals surface area contributed by atoms with Gasteiger partial charge in [-0.15, -0.1) is 0 Å². The number of rotatable bonds is 4. The van der Waals surface area contributed by atoms with Crippen molar-refractivity contribution < 1.29 is 9.47 Å². The molecule has 0 radical (unpaired) electrons. The molecule has 0 aliphatic heterocycles. The molecule has 2 nitrogen and oxygen atoms in total. The lowest BCUT2D eigenvalue weighted by molar-refractivity contribution is -0.0808. The van der Waals surface area contributed by atoms with E-state index in [4.69, 9.17) is 9.47 Å². The molecule has 0 saturated heterocycles. The molecular weight excluding hydrogens is 216 g/mol. The molecule has 0 bridgehead atoms. The lowest BCUT2D eigenvalue weighted by Gasteiger charge is -2.39. The molecule has 0 aromatic heterocycles. The predicted molar refractivity (Wildman–Crippen MR) is 65.5 cm³/mol. The topological polar surface area (TPSA) is 18.5 Å². The smallest absolute Gasteiger partial charge is 0.0835 e. The summed E-state index contributed by atoms with van der Waals surface area (Å²) in [6.07, 6.45) is 2.55. The first-order valence-electron chi connectivity index (χ1n) is 5.04. The Morgan fingerprint density at radius 1 is 0.929 bits per heavy atom. The first-order chi connectivity index (χ1) is 6.76. The van der Waals surface area contributed by atoms with Crippen molar-refractivity contribution in [3.05, 3.63) is 0 Å². The van der Waals surface area contributed by atoms with E-state index in [0.29, 0.717) is 11.8 Å². The Kier molecular flexibility index (Phi) is 5.67. The highest BCUT2D eigenvalue weighted by molar-refractivity contribution is 7.80. The first kappa shape index (κ1) is 12.7. The van der Waals surface area contributed by atoms with Gasteiger partial charge in [0.25, 0.3) is 0 Å². The molecule has 0 aromatic rings. The van der Waals surface area contributed by atoms with Gasteiger partial charge in [-0.3, -0.25) is 0 Å². The van der Waals surface area contributed by atoms with Crippen molar-refractivity contribution in [2.75, 3.05) is 25.7 Å². The van der Waals surface area contributed by atoms with Gasteiger partial charge in [0, 0.05) is 14.2 Å².